The molecule has 0 amide bonds. The fourth-order valence-corrected chi connectivity index (χ4v) is 1.90. The van der Waals surface area contributed by atoms with Crippen molar-refractivity contribution in [2.45, 2.75) is 25.7 Å². The van der Waals surface area contributed by atoms with E-state index in [1.807, 2.05) is 13.8 Å². The van der Waals surface area contributed by atoms with E-state index in [2.05, 4.69) is 11.3 Å². The lowest BCUT2D eigenvalue weighted by molar-refractivity contribution is -0.128. The summed E-state index contributed by atoms with van der Waals surface area (Å²) in [6, 6.07) is 0. The minimum Gasteiger partial charge on any atom is -0.467 e. The lowest BCUT2D eigenvalue weighted by Crippen LogP contribution is -2.04. The van der Waals surface area contributed by atoms with Gasteiger partial charge in [0.05, 0.1) is 4.90 Å². The highest BCUT2D eigenvalue weighted by atomic mass is 32.2. The van der Waals surface area contributed by atoms with Crippen LogP contribution in [0.1, 0.15) is 19.4 Å². The highest BCUT2D eigenvalue weighted by Crippen LogP contribution is 2.30. The molecule has 0 atom stereocenters. The first-order valence-electron chi connectivity index (χ1n) is 5.86. The molecular formula is C14H16F4O2S. The summed E-state index contributed by atoms with van der Waals surface area (Å²) in [5.74, 6) is -5.70. The van der Waals surface area contributed by atoms with Crippen LogP contribution >= 0.6 is 11.8 Å². The molecule has 0 aliphatic carbocycles. The number of thioether (sulfide) groups is 1. The summed E-state index contributed by atoms with van der Waals surface area (Å²) in [7, 11) is 0. The van der Waals surface area contributed by atoms with Gasteiger partial charge in [0.1, 0.15) is 6.61 Å². The van der Waals surface area contributed by atoms with Crippen LogP contribution in [0.5, 0.6) is 0 Å². The molecule has 1 rings (SSSR count). The third-order valence-electron chi connectivity index (χ3n) is 1.96. The third kappa shape index (κ3) is 6.20. The summed E-state index contributed by atoms with van der Waals surface area (Å²) in [6.07, 6.45) is 0. The first kappa shape index (κ1) is 19.5. The number of carbonyl (C=O) groups excluding carboxylic acids is 1. The van der Waals surface area contributed by atoms with Crippen LogP contribution < -0.4 is 0 Å². The van der Waals surface area contributed by atoms with E-state index >= 15 is 0 Å². The Morgan fingerprint density at radius 3 is 1.95 bits per heavy atom. The minimum atomic E-state index is -1.43. The fraction of sp³-hybridized carbons (Fsp3) is 0.357. The number of benzene rings is 1. The van der Waals surface area contributed by atoms with Gasteiger partial charge < -0.3 is 4.74 Å². The van der Waals surface area contributed by atoms with Crippen molar-refractivity contribution < 1.29 is 27.1 Å². The van der Waals surface area contributed by atoms with Crippen LogP contribution in [-0.2, 0) is 9.53 Å². The molecule has 0 spiro atoms. The average Bonchev–Trinajstić information content (AvgIpc) is 2.41. The van der Waals surface area contributed by atoms with Crippen LogP contribution in [-0.4, -0.2) is 18.8 Å². The predicted molar refractivity (Wildman–Crippen MR) is 74.2 cm³/mol. The SMILES string of the molecule is C=C(C)C.Cc1c(F)c(F)c(SCCOC=O)c(F)c1F. The molecule has 1 aromatic carbocycles. The quantitative estimate of drug-likeness (QED) is 0.201. The van der Waals surface area contributed by atoms with Crippen molar-refractivity contribution in [1.29, 1.82) is 0 Å². The zero-order valence-electron chi connectivity index (χ0n) is 11.9. The van der Waals surface area contributed by atoms with E-state index in [9.17, 15) is 22.4 Å². The lowest BCUT2D eigenvalue weighted by atomic mass is 10.2. The largest absolute Gasteiger partial charge is 0.467 e. The number of ether oxygens (including phenoxy) is 1. The summed E-state index contributed by atoms with van der Waals surface area (Å²) in [6.45, 7) is 8.51. The molecule has 0 heterocycles. The van der Waals surface area contributed by atoms with Crippen molar-refractivity contribution in [2.75, 3.05) is 12.4 Å². The maximum Gasteiger partial charge on any atom is 0.293 e. The van der Waals surface area contributed by atoms with E-state index in [-0.39, 0.29) is 18.8 Å². The van der Waals surface area contributed by atoms with Crippen LogP contribution in [0, 0.1) is 30.2 Å². The number of allylic oxidation sites excluding steroid dienone is 1. The molecule has 0 N–H and O–H groups in total. The Bertz CT molecular complexity index is 485. The van der Waals surface area contributed by atoms with Crippen LogP contribution in [0.3, 0.4) is 0 Å². The van der Waals surface area contributed by atoms with Gasteiger partial charge in [0.15, 0.2) is 23.3 Å². The molecule has 7 heteroatoms. The number of carbonyl (C=O) groups is 1. The van der Waals surface area contributed by atoms with E-state index in [4.69, 9.17) is 0 Å². The zero-order valence-corrected chi connectivity index (χ0v) is 12.8. The molecule has 1 aromatic rings. The van der Waals surface area contributed by atoms with Gasteiger partial charge in [0.2, 0.25) is 0 Å². The summed E-state index contributed by atoms with van der Waals surface area (Å²) in [4.78, 5) is 9.05. The molecule has 0 saturated carbocycles. The molecule has 0 saturated heterocycles. The lowest BCUT2D eigenvalue weighted by Gasteiger charge is -2.08. The van der Waals surface area contributed by atoms with Gasteiger partial charge in [0, 0.05) is 11.3 Å². The number of hydrogen-bond acceptors (Lipinski definition) is 3. The van der Waals surface area contributed by atoms with Crippen LogP contribution in [0.2, 0.25) is 0 Å². The Morgan fingerprint density at radius 2 is 1.57 bits per heavy atom. The maximum atomic E-state index is 13.3. The van der Waals surface area contributed by atoms with E-state index in [0.717, 1.165) is 6.92 Å². The van der Waals surface area contributed by atoms with Gasteiger partial charge in [0.25, 0.3) is 6.47 Å². The normalized spacial score (nSPS) is 9.67. The standard InChI is InChI=1S/C10H8F4O2S.C4H8/c1-5-6(11)8(13)10(9(14)7(5)12)17-3-2-16-4-15;1-4(2)3/h4H,2-3H2,1H3;1H2,2-3H3. The molecule has 2 nitrogen and oxygen atoms in total. The molecule has 0 bridgehead atoms. The smallest absolute Gasteiger partial charge is 0.293 e. The van der Waals surface area contributed by atoms with E-state index in [1.54, 1.807) is 0 Å². The molecule has 0 fully saturated rings. The molecular weight excluding hydrogens is 308 g/mol. The van der Waals surface area contributed by atoms with Gasteiger partial charge in [-0.2, -0.15) is 0 Å². The average molecular weight is 324 g/mol. The number of rotatable bonds is 5. The summed E-state index contributed by atoms with van der Waals surface area (Å²) in [5.41, 5.74) is 0.466. The third-order valence-corrected chi connectivity index (χ3v) is 2.98. The van der Waals surface area contributed by atoms with Crippen LogP contribution in [0.25, 0.3) is 0 Å². The van der Waals surface area contributed by atoms with Gasteiger partial charge in [-0.3, -0.25) is 4.79 Å². The molecule has 21 heavy (non-hydrogen) atoms. The zero-order chi connectivity index (χ0) is 16.6. The predicted octanol–water partition coefficient (Wildman–Crippen LogP) is 4.40. The molecule has 0 aliphatic rings. The van der Waals surface area contributed by atoms with Gasteiger partial charge in [-0.25, -0.2) is 17.6 Å². The highest BCUT2D eigenvalue weighted by Gasteiger charge is 2.23. The highest BCUT2D eigenvalue weighted by molar-refractivity contribution is 7.99. The Kier molecular flexibility index (Phi) is 8.76. The van der Waals surface area contributed by atoms with Crippen molar-refractivity contribution in [1.82, 2.24) is 0 Å². The topological polar surface area (TPSA) is 26.3 Å². The van der Waals surface area contributed by atoms with E-state index in [0.29, 0.717) is 11.8 Å². The first-order valence-corrected chi connectivity index (χ1v) is 6.85. The molecule has 0 aromatic heterocycles. The number of halogens is 4. The Morgan fingerprint density at radius 1 is 1.14 bits per heavy atom. The van der Waals surface area contributed by atoms with Crippen LogP contribution in [0.4, 0.5) is 17.6 Å². The Hall–Kier alpha value is -1.50. The Balaban J connectivity index is 0.000000885. The Labute approximate surface area is 125 Å². The van der Waals surface area contributed by atoms with Gasteiger partial charge in [-0.05, 0) is 20.8 Å². The molecule has 0 aliphatic heterocycles. The summed E-state index contributed by atoms with van der Waals surface area (Å²) >= 11 is 0.537. The van der Waals surface area contributed by atoms with Crippen LogP contribution in [0.15, 0.2) is 17.0 Å². The monoisotopic (exact) mass is 324 g/mol. The minimum absolute atomic E-state index is 0.00544. The van der Waals surface area contributed by atoms with Crippen molar-refractivity contribution >= 4 is 18.2 Å². The van der Waals surface area contributed by atoms with E-state index in [1.165, 1.54) is 5.57 Å². The van der Waals surface area contributed by atoms with Crippen molar-refractivity contribution in [3.8, 4) is 0 Å². The van der Waals surface area contributed by atoms with Gasteiger partial charge in [-0.1, -0.05) is 5.57 Å². The molecule has 0 radical (unpaired) electrons. The van der Waals surface area contributed by atoms with Gasteiger partial charge in [-0.15, -0.1) is 18.3 Å². The van der Waals surface area contributed by atoms with Crippen molar-refractivity contribution in [3.63, 3.8) is 0 Å². The number of hydrogen-bond donors (Lipinski definition) is 0. The second-order valence-corrected chi connectivity index (χ2v) is 5.34. The fourth-order valence-electron chi connectivity index (χ4n) is 1.09. The van der Waals surface area contributed by atoms with E-state index < -0.39 is 33.7 Å². The van der Waals surface area contributed by atoms with Crippen molar-refractivity contribution in [2.24, 2.45) is 0 Å². The summed E-state index contributed by atoms with van der Waals surface area (Å²) < 4.78 is 57.1. The summed E-state index contributed by atoms with van der Waals surface area (Å²) in [5, 5.41) is 0. The second-order valence-electron chi connectivity index (χ2n) is 4.23. The molecule has 0 unspecified atom stereocenters. The first-order chi connectivity index (χ1) is 9.73. The van der Waals surface area contributed by atoms with Crippen molar-refractivity contribution in [3.05, 3.63) is 41.0 Å². The van der Waals surface area contributed by atoms with Gasteiger partial charge >= 0.3 is 0 Å². The molecule has 118 valence electrons. The second kappa shape index (κ2) is 9.44. The maximum absolute atomic E-state index is 13.3.